The molecule has 13 heteroatoms. The van der Waals surface area contributed by atoms with Crippen LogP contribution in [0.2, 0.25) is 0 Å². The maximum Gasteiger partial charge on any atom is 0.410 e. The molecule has 31 heavy (non-hydrogen) atoms. The third-order valence-electron chi connectivity index (χ3n) is 5.32. The van der Waals surface area contributed by atoms with Crippen LogP contribution in [0.15, 0.2) is 0 Å². The van der Waals surface area contributed by atoms with Crippen molar-refractivity contribution in [1.29, 1.82) is 0 Å². The summed E-state index contributed by atoms with van der Waals surface area (Å²) in [6.45, 7) is 2.11. The van der Waals surface area contributed by atoms with Gasteiger partial charge in [0.25, 0.3) is 12.4 Å². The van der Waals surface area contributed by atoms with Crippen molar-refractivity contribution in [3.63, 3.8) is 0 Å². The van der Waals surface area contributed by atoms with E-state index in [1.54, 1.807) is 12.0 Å². The average molecular weight is 439 g/mol. The van der Waals surface area contributed by atoms with Gasteiger partial charge in [-0.1, -0.05) is 0 Å². The largest absolute Gasteiger partial charge is 0.483 e. The number of nitrogens with zero attached hydrogens (tertiary/aromatic N) is 3. The molecule has 2 saturated heterocycles. The second-order valence-corrected chi connectivity index (χ2v) is 7.13. The normalized spacial score (nSPS) is 22.3. The summed E-state index contributed by atoms with van der Waals surface area (Å²) < 4.78 is 15.5. The fraction of sp³-hybridized carbons (Fsp3) is 0.611. The number of amides is 3. The molecule has 170 valence electrons. The molecule has 2 atom stereocenters. The molecule has 3 aliphatic rings. The molecule has 0 aliphatic carbocycles. The van der Waals surface area contributed by atoms with Crippen molar-refractivity contribution in [2.45, 2.75) is 25.1 Å². The molecule has 0 aromatic carbocycles. The number of hydrogen-bond acceptors (Lipinski definition) is 8. The first kappa shape index (κ1) is 22.5. The molecular weight excluding hydrogens is 414 g/mol. The molecule has 0 radical (unpaired) electrons. The Balaban J connectivity index is 0.000000858. The first-order chi connectivity index (χ1) is 15.0. The van der Waals surface area contributed by atoms with E-state index in [1.165, 1.54) is 4.90 Å². The quantitative estimate of drug-likeness (QED) is 0.468. The van der Waals surface area contributed by atoms with E-state index >= 15 is 0 Å². The Bertz CT molecular complexity index is 828. The number of hydrogen-bond donors (Lipinski definition) is 3. The van der Waals surface area contributed by atoms with Gasteiger partial charge in [-0.25, -0.2) is 4.79 Å². The fourth-order valence-electron chi connectivity index (χ4n) is 3.69. The van der Waals surface area contributed by atoms with Crippen LogP contribution in [0.5, 0.6) is 0 Å². The summed E-state index contributed by atoms with van der Waals surface area (Å²) in [6, 6.07) is -0.216. The van der Waals surface area contributed by atoms with E-state index in [-0.39, 0.29) is 37.0 Å². The topological polar surface area (TPSA) is 163 Å². The van der Waals surface area contributed by atoms with E-state index in [4.69, 9.17) is 24.1 Å². The van der Waals surface area contributed by atoms with Gasteiger partial charge in [-0.05, 0) is 6.42 Å². The summed E-state index contributed by atoms with van der Waals surface area (Å²) in [6.07, 6.45) is -0.125. The number of fused-ring (bicyclic) bond motifs is 1. The molecule has 1 aromatic heterocycles. The third-order valence-corrected chi connectivity index (χ3v) is 5.32. The van der Waals surface area contributed by atoms with E-state index in [9.17, 15) is 14.4 Å². The highest BCUT2D eigenvalue weighted by molar-refractivity contribution is 5.94. The van der Waals surface area contributed by atoms with E-state index in [2.05, 4.69) is 15.5 Å². The Hall–Kier alpha value is -3.19. The summed E-state index contributed by atoms with van der Waals surface area (Å²) in [5, 5.41) is 16.8. The number of cyclic esters (lactones) is 1. The Morgan fingerprint density at radius 3 is 2.84 bits per heavy atom. The molecule has 0 spiro atoms. The summed E-state index contributed by atoms with van der Waals surface area (Å²) in [5.41, 5.74) is 1.89. The number of methoxy groups -OCH3 is 1. The maximum atomic E-state index is 12.6. The minimum absolute atomic E-state index is 0.00423. The van der Waals surface area contributed by atoms with Crippen LogP contribution in [0.1, 0.15) is 21.7 Å². The Morgan fingerprint density at radius 1 is 1.39 bits per heavy atom. The van der Waals surface area contributed by atoms with Crippen molar-refractivity contribution in [3.8, 4) is 0 Å². The van der Waals surface area contributed by atoms with Gasteiger partial charge in [0.15, 0.2) is 5.69 Å². The molecule has 3 N–H and O–H groups in total. The monoisotopic (exact) mass is 439 g/mol. The lowest BCUT2D eigenvalue weighted by molar-refractivity contribution is -0.132. The standard InChI is InChI=1S/C17H23N5O6.CH2O2/c1-26-13-9-27-8-12(13)18-16(24)15-10-2-3-21(6-11(10)19-20-15)14(23)7-22-4-5-28-17(22)25;2-1-3/h12-13H,2-9H2,1H3,(H,18,24)(H,19,20);1H,(H,2,3)/t12-,13-;/m0./s1. The number of carbonyl (C=O) groups excluding carboxylic acids is 3. The zero-order chi connectivity index (χ0) is 22.4. The number of H-pyrrole nitrogens is 1. The molecular formula is C18H25N5O8. The van der Waals surface area contributed by atoms with Gasteiger partial charge >= 0.3 is 6.09 Å². The molecule has 4 rings (SSSR count). The van der Waals surface area contributed by atoms with Gasteiger partial charge in [0.1, 0.15) is 19.3 Å². The Labute approximate surface area is 177 Å². The molecule has 0 bridgehead atoms. The summed E-state index contributed by atoms with van der Waals surface area (Å²) in [7, 11) is 1.59. The van der Waals surface area contributed by atoms with Crippen molar-refractivity contribution >= 4 is 24.4 Å². The van der Waals surface area contributed by atoms with Gasteiger partial charge < -0.3 is 29.5 Å². The van der Waals surface area contributed by atoms with Crippen molar-refractivity contribution < 1.29 is 38.5 Å². The molecule has 4 heterocycles. The van der Waals surface area contributed by atoms with Gasteiger partial charge in [0, 0.05) is 19.2 Å². The van der Waals surface area contributed by atoms with Gasteiger partial charge in [0.05, 0.1) is 38.0 Å². The minimum atomic E-state index is -0.461. The lowest BCUT2D eigenvalue weighted by Gasteiger charge is -2.28. The highest BCUT2D eigenvalue weighted by Crippen LogP contribution is 2.21. The molecule has 3 amide bonds. The van der Waals surface area contributed by atoms with Gasteiger partial charge in [0.2, 0.25) is 5.91 Å². The van der Waals surface area contributed by atoms with Crippen LogP contribution in [-0.4, -0.2) is 108 Å². The van der Waals surface area contributed by atoms with Crippen LogP contribution in [0.25, 0.3) is 0 Å². The number of aromatic nitrogens is 2. The zero-order valence-corrected chi connectivity index (χ0v) is 17.0. The second kappa shape index (κ2) is 10.2. The molecule has 1 aromatic rings. The van der Waals surface area contributed by atoms with Crippen LogP contribution >= 0.6 is 0 Å². The number of rotatable bonds is 5. The van der Waals surface area contributed by atoms with Crippen LogP contribution in [0, 0.1) is 0 Å². The van der Waals surface area contributed by atoms with E-state index in [0.717, 1.165) is 11.3 Å². The van der Waals surface area contributed by atoms with Gasteiger partial charge in [-0.2, -0.15) is 5.10 Å². The van der Waals surface area contributed by atoms with Crippen molar-refractivity contribution in [3.05, 3.63) is 17.0 Å². The first-order valence-electron chi connectivity index (χ1n) is 9.73. The van der Waals surface area contributed by atoms with Crippen molar-refractivity contribution in [2.24, 2.45) is 0 Å². The predicted molar refractivity (Wildman–Crippen MR) is 102 cm³/mol. The van der Waals surface area contributed by atoms with E-state index < -0.39 is 6.09 Å². The smallest absolute Gasteiger partial charge is 0.410 e. The third kappa shape index (κ3) is 5.11. The van der Waals surface area contributed by atoms with Crippen LogP contribution in [-0.2, 0) is 36.8 Å². The highest BCUT2D eigenvalue weighted by Gasteiger charge is 2.33. The van der Waals surface area contributed by atoms with Gasteiger partial charge in [-0.3, -0.25) is 24.4 Å². The molecule has 2 fully saturated rings. The van der Waals surface area contributed by atoms with E-state index in [0.29, 0.717) is 51.6 Å². The predicted octanol–water partition coefficient (Wildman–Crippen LogP) is -1.41. The minimum Gasteiger partial charge on any atom is -0.483 e. The summed E-state index contributed by atoms with van der Waals surface area (Å²) in [4.78, 5) is 48.0. The first-order valence-corrected chi connectivity index (χ1v) is 9.73. The van der Waals surface area contributed by atoms with Crippen LogP contribution in [0.3, 0.4) is 0 Å². The zero-order valence-electron chi connectivity index (χ0n) is 17.0. The summed E-state index contributed by atoms with van der Waals surface area (Å²) in [5.74, 6) is -0.439. The molecule has 0 unspecified atom stereocenters. The fourth-order valence-corrected chi connectivity index (χ4v) is 3.69. The lowest BCUT2D eigenvalue weighted by Crippen LogP contribution is -2.44. The lowest BCUT2D eigenvalue weighted by atomic mass is 10.0. The number of ether oxygens (including phenoxy) is 3. The molecule has 0 saturated carbocycles. The number of nitrogens with one attached hydrogen (secondary N) is 2. The molecule has 3 aliphatic heterocycles. The van der Waals surface area contributed by atoms with Crippen LogP contribution < -0.4 is 5.32 Å². The number of aromatic amines is 1. The maximum absolute atomic E-state index is 12.6. The number of carbonyl (C=O) groups is 4. The number of carboxylic acid groups (broad SMARTS) is 1. The highest BCUT2D eigenvalue weighted by atomic mass is 16.6. The van der Waals surface area contributed by atoms with Crippen molar-refractivity contribution in [1.82, 2.24) is 25.3 Å². The summed E-state index contributed by atoms with van der Waals surface area (Å²) >= 11 is 0. The second-order valence-electron chi connectivity index (χ2n) is 7.13. The SMILES string of the molecule is CO[C@H]1COC[C@@H]1NC(=O)c1n[nH]c2c1CCN(C(=O)CN1CCOC1=O)C2.O=CO. The van der Waals surface area contributed by atoms with Gasteiger partial charge in [-0.15, -0.1) is 0 Å². The van der Waals surface area contributed by atoms with E-state index in [1.807, 2.05) is 0 Å². The Kier molecular flexibility index (Phi) is 7.41. The Morgan fingerprint density at radius 2 is 2.16 bits per heavy atom. The average Bonchev–Trinajstić information content (AvgIpc) is 3.48. The van der Waals surface area contributed by atoms with Crippen LogP contribution in [0.4, 0.5) is 4.79 Å². The molecule has 13 nitrogen and oxygen atoms in total. The van der Waals surface area contributed by atoms with Crippen molar-refractivity contribution in [2.75, 3.05) is 46.6 Å².